The molecule has 0 atom stereocenters. The van der Waals surface area contributed by atoms with E-state index in [9.17, 15) is 0 Å². The zero-order chi connectivity index (χ0) is 17.5. The van der Waals surface area contributed by atoms with E-state index in [0.717, 1.165) is 11.1 Å². The Morgan fingerprint density at radius 2 is 2.00 bits per heavy atom. The number of benzene rings is 2. The van der Waals surface area contributed by atoms with Gasteiger partial charge >= 0.3 is 0 Å². The molecule has 0 N–H and O–H groups in total. The topological polar surface area (TPSA) is 61.5 Å². The minimum atomic E-state index is 0.422. The van der Waals surface area contributed by atoms with Crippen LogP contribution in [-0.2, 0) is 0 Å². The van der Waals surface area contributed by atoms with Gasteiger partial charge in [-0.25, -0.2) is 0 Å². The minimum absolute atomic E-state index is 0.422. The van der Waals surface area contributed by atoms with Crippen molar-refractivity contribution in [3.63, 3.8) is 0 Å². The molecule has 0 aliphatic carbocycles. The smallest absolute Gasteiger partial charge is 0.184 e. The lowest BCUT2D eigenvalue weighted by Gasteiger charge is -2.09. The van der Waals surface area contributed by atoms with Crippen LogP contribution in [0.5, 0.6) is 11.5 Å². The highest BCUT2D eigenvalue weighted by molar-refractivity contribution is 5.81. The Balaban J connectivity index is 1.83. The molecule has 6 heteroatoms. The zero-order valence-electron chi connectivity index (χ0n) is 13.9. The fourth-order valence-electron chi connectivity index (χ4n) is 2.25. The number of ether oxygens (including phenoxy) is 2. The average Bonchev–Trinajstić information content (AvgIpc) is 3.14. The summed E-state index contributed by atoms with van der Waals surface area (Å²) in [7, 11) is 1.60. The molecule has 0 amide bonds. The van der Waals surface area contributed by atoms with Crippen molar-refractivity contribution in [1.29, 1.82) is 0 Å². The summed E-state index contributed by atoms with van der Waals surface area (Å²) >= 11 is 0. The third-order valence-corrected chi connectivity index (χ3v) is 3.44. The van der Waals surface area contributed by atoms with Crippen molar-refractivity contribution in [1.82, 2.24) is 14.9 Å². The first-order valence-corrected chi connectivity index (χ1v) is 7.73. The molecule has 3 rings (SSSR count). The quantitative estimate of drug-likeness (QED) is 0.491. The first-order valence-electron chi connectivity index (χ1n) is 7.73. The highest BCUT2D eigenvalue weighted by Gasteiger charge is 2.07. The number of hydrogen-bond acceptors (Lipinski definition) is 5. The summed E-state index contributed by atoms with van der Waals surface area (Å²) in [6.45, 7) is 4.06. The Labute approximate surface area is 146 Å². The van der Waals surface area contributed by atoms with Crippen LogP contribution in [0.15, 0.2) is 72.6 Å². The van der Waals surface area contributed by atoms with Crippen LogP contribution in [-0.4, -0.2) is 34.8 Å². The van der Waals surface area contributed by atoms with Crippen molar-refractivity contribution in [3.05, 3.63) is 73.1 Å². The summed E-state index contributed by atoms with van der Waals surface area (Å²) in [5.74, 6) is 1.97. The molecule has 0 fully saturated rings. The predicted molar refractivity (Wildman–Crippen MR) is 97.1 cm³/mol. The summed E-state index contributed by atoms with van der Waals surface area (Å²) in [5, 5.41) is 12.5. The third kappa shape index (κ3) is 3.92. The first-order chi connectivity index (χ1) is 12.3. The molecule has 1 heterocycles. The van der Waals surface area contributed by atoms with Gasteiger partial charge in [0.2, 0.25) is 0 Å². The van der Waals surface area contributed by atoms with Crippen molar-refractivity contribution >= 4 is 6.21 Å². The van der Waals surface area contributed by atoms with Crippen LogP contribution in [0.2, 0.25) is 0 Å². The molecule has 0 aliphatic heterocycles. The fraction of sp³-hybridized carbons (Fsp3) is 0.105. The fourth-order valence-corrected chi connectivity index (χ4v) is 2.25. The molecule has 0 radical (unpaired) electrons. The second-order valence-corrected chi connectivity index (χ2v) is 5.12. The Kier molecular flexibility index (Phi) is 5.21. The Hall–Kier alpha value is -3.41. The molecule has 0 aliphatic rings. The van der Waals surface area contributed by atoms with Gasteiger partial charge in [0.15, 0.2) is 17.3 Å². The van der Waals surface area contributed by atoms with Crippen LogP contribution in [0.1, 0.15) is 5.56 Å². The van der Waals surface area contributed by atoms with Crippen LogP contribution in [0.4, 0.5) is 0 Å². The molecule has 0 saturated heterocycles. The lowest BCUT2D eigenvalue weighted by Crippen LogP contribution is -1.98. The summed E-state index contributed by atoms with van der Waals surface area (Å²) in [6, 6.07) is 15.4. The van der Waals surface area contributed by atoms with Gasteiger partial charge in [0.25, 0.3) is 0 Å². The number of aromatic nitrogens is 3. The number of hydrogen-bond donors (Lipinski definition) is 0. The van der Waals surface area contributed by atoms with Crippen LogP contribution in [0.25, 0.3) is 11.4 Å². The van der Waals surface area contributed by atoms with E-state index in [4.69, 9.17) is 9.47 Å². The van der Waals surface area contributed by atoms with E-state index in [1.54, 1.807) is 30.4 Å². The Bertz CT molecular complexity index is 872. The predicted octanol–water partition coefficient (Wildman–Crippen LogP) is 3.40. The van der Waals surface area contributed by atoms with Gasteiger partial charge in [-0.2, -0.15) is 9.78 Å². The molecular formula is C19H18N4O2. The molecule has 126 valence electrons. The molecule has 0 saturated carbocycles. The van der Waals surface area contributed by atoms with E-state index >= 15 is 0 Å². The molecule has 1 aromatic heterocycles. The molecule has 3 aromatic rings. The van der Waals surface area contributed by atoms with Gasteiger partial charge in [0, 0.05) is 5.56 Å². The second-order valence-electron chi connectivity index (χ2n) is 5.12. The molecule has 6 nitrogen and oxygen atoms in total. The second kappa shape index (κ2) is 7.92. The van der Waals surface area contributed by atoms with Gasteiger partial charge in [-0.3, -0.25) is 0 Å². The van der Waals surface area contributed by atoms with Gasteiger partial charge in [-0.05, 0) is 23.8 Å². The first kappa shape index (κ1) is 16.4. The minimum Gasteiger partial charge on any atom is -0.493 e. The van der Waals surface area contributed by atoms with Crippen LogP contribution < -0.4 is 9.47 Å². The highest BCUT2D eigenvalue weighted by Crippen LogP contribution is 2.27. The average molecular weight is 334 g/mol. The van der Waals surface area contributed by atoms with Gasteiger partial charge < -0.3 is 9.47 Å². The van der Waals surface area contributed by atoms with Crippen LogP contribution in [0.3, 0.4) is 0 Å². The Morgan fingerprint density at radius 3 is 2.76 bits per heavy atom. The lowest BCUT2D eigenvalue weighted by atomic mass is 10.2. The maximum Gasteiger partial charge on any atom is 0.184 e. The van der Waals surface area contributed by atoms with Gasteiger partial charge in [0.05, 0.1) is 13.3 Å². The maximum absolute atomic E-state index is 5.55. The normalized spacial score (nSPS) is 10.8. The number of rotatable bonds is 7. The number of nitrogens with zero attached hydrogens (tertiary/aromatic N) is 4. The van der Waals surface area contributed by atoms with Crippen LogP contribution >= 0.6 is 0 Å². The lowest BCUT2D eigenvalue weighted by molar-refractivity contribution is 0.326. The maximum atomic E-state index is 5.55. The molecule has 2 aromatic carbocycles. The van der Waals surface area contributed by atoms with Crippen molar-refractivity contribution in [2.45, 2.75) is 0 Å². The third-order valence-electron chi connectivity index (χ3n) is 3.44. The largest absolute Gasteiger partial charge is 0.493 e. The summed E-state index contributed by atoms with van der Waals surface area (Å²) in [5.41, 5.74) is 1.82. The molecule has 25 heavy (non-hydrogen) atoms. The van der Waals surface area contributed by atoms with Crippen molar-refractivity contribution in [3.8, 4) is 22.9 Å². The van der Waals surface area contributed by atoms with Crippen LogP contribution in [0, 0.1) is 0 Å². The van der Waals surface area contributed by atoms with Crippen molar-refractivity contribution in [2.75, 3.05) is 13.7 Å². The standard InChI is InChI=1S/C19H18N4O2/c1-3-11-25-17-10-9-15(12-18(17)24-2)13-21-23-14-20-22-19(23)16-7-5-4-6-8-16/h3-10,12-14H,1,11H2,2H3/b21-13-. The molecular weight excluding hydrogens is 316 g/mol. The summed E-state index contributed by atoms with van der Waals surface area (Å²) < 4.78 is 12.5. The summed E-state index contributed by atoms with van der Waals surface area (Å²) in [6.07, 6.45) is 4.97. The SMILES string of the molecule is C=CCOc1ccc(/C=N\n2cnnc2-c2ccccc2)cc1OC. The molecule has 0 bridgehead atoms. The monoisotopic (exact) mass is 334 g/mol. The van der Waals surface area contributed by atoms with Crippen molar-refractivity contribution < 1.29 is 9.47 Å². The highest BCUT2D eigenvalue weighted by atomic mass is 16.5. The van der Waals surface area contributed by atoms with E-state index in [-0.39, 0.29) is 0 Å². The molecule has 0 spiro atoms. The molecule has 0 unspecified atom stereocenters. The summed E-state index contributed by atoms with van der Waals surface area (Å²) in [4.78, 5) is 0. The Morgan fingerprint density at radius 1 is 1.16 bits per heavy atom. The van der Waals surface area contributed by atoms with Gasteiger partial charge in [-0.1, -0.05) is 43.0 Å². The van der Waals surface area contributed by atoms with E-state index in [0.29, 0.717) is 23.9 Å². The van der Waals surface area contributed by atoms with E-state index in [1.165, 1.54) is 0 Å². The number of methoxy groups -OCH3 is 1. The van der Waals surface area contributed by atoms with Gasteiger partial charge in [0.1, 0.15) is 12.9 Å². The van der Waals surface area contributed by atoms with E-state index < -0.39 is 0 Å². The van der Waals surface area contributed by atoms with Gasteiger partial charge in [-0.15, -0.1) is 10.2 Å². The van der Waals surface area contributed by atoms with Crippen molar-refractivity contribution in [2.24, 2.45) is 5.10 Å². The van der Waals surface area contributed by atoms with E-state index in [1.807, 2.05) is 48.5 Å². The van der Waals surface area contributed by atoms with E-state index in [2.05, 4.69) is 21.9 Å². The zero-order valence-corrected chi connectivity index (χ0v) is 13.9.